The van der Waals surface area contributed by atoms with Gasteiger partial charge in [-0.05, 0) is 30.4 Å². The Kier molecular flexibility index (Phi) is 6.36. The van der Waals surface area contributed by atoms with E-state index in [-0.39, 0.29) is 5.75 Å². The third kappa shape index (κ3) is 5.65. The average molecular weight is 269 g/mol. The number of hydrogen-bond donors (Lipinski definition) is 1. The number of benzene rings is 1. The molecule has 0 saturated heterocycles. The minimum Gasteiger partial charge on any atom is -0.212 e. The first-order valence-corrected chi connectivity index (χ1v) is 8.27. The standard InChI is InChI=1S/C14H23NO2S/c1-3-5-6-13-7-9-14(10-8-13)12-15-18(16,17)11-4-2/h7-10,15H,3-6,11-12H2,1-2H3. The van der Waals surface area contributed by atoms with Crippen molar-refractivity contribution in [2.45, 2.75) is 46.1 Å². The number of unbranched alkanes of at least 4 members (excludes halogenated alkanes) is 1. The van der Waals surface area contributed by atoms with Gasteiger partial charge in [-0.15, -0.1) is 0 Å². The van der Waals surface area contributed by atoms with Crippen molar-refractivity contribution in [3.8, 4) is 0 Å². The Bertz CT molecular complexity index is 437. The van der Waals surface area contributed by atoms with Crippen LogP contribution in [0.2, 0.25) is 0 Å². The van der Waals surface area contributed by atoms with Crippen LogP contribution in [0.5, 0.6) is 0 Å². The van der Waals surface area contributed by atoms with Crippen molar-refractivity contribution in [2.75, 3.05) is 5.75 Å². The van der Waals surface area contributed by atoms with Crippen molar-refractivity contribution in [2.24, 2.45) is 0 Å². The van der Waals surface area contributed by atoms with Crippen molar-refractivity contribution in [1.82, 2.24) is 4.72 Å². The minimum absolute atomic E-state index is 0.196. The molecule has 0 fully saturated rings. The normalized spacial score (nSPS) is 11.7. The number of nitrogens with one attached hydrogen (secondary N) is 1. The first kappa shape index (κ1) is 15.2. The molecule has 0 aliphatic carbocycles. The largest absolute Gasteiger partial charge is 0.212 e. The molecule has 1 rings (SSSR count). The van der Waals surface area contributed by atoms with Crippen LogP contribution in [-0.4, -0.2) is 14.2 Å². The molecule has 3 nitrogen and oxygen atoms in total. The van der Waals surface area contributed by atoms with Crippen molar-refractivity contribution in [3.05, 3.63) is 35.4 Å². The van der Waals surface area contributed by atoms with Crippen LogP contribution in [0, 0.1) is 0 Å². The van der Waals surface area contributed by atoms with Gasteiger partial charge in [-0.3, -0.25) is 0 Å². The fourth-order valence-corrected chi connectivity index (χ4v) is 2.81. The number of sulfonamides is 1. The Hall–Kier alpha value is -0.870. The molecule has 4 heteroatoms. The molecule has 1 aromatic carbocycles. The van der Waals surface area contributed by atoms with Gasteiger partial charge in [0.05, 0.1) is 5.75 Å². The molecule has 1 aromatic rings. The van der Waals surface area contributed by atoms with Gasteiger partial charge in [0.15, 0.2) is 0 Å². The molecule has 0 amide bonds. The fraction of sp³-hybridized carbons (Fsp3) is 0.571. The van der Waals surface area contributed by atoms with E-state index in [0.717, 1.165) is 12.0 Å². The van der Waals surface area contributed by atoms with Gasteiger partial charge in [-0.2, -0.15) is 0 Å². The molecule has 0 heterocycles. The first-order valence-electron chi connectivity index (χ1n) is 6.62. The van der Waals surface area contributed by atoms with Gasteiger partial charge in [0.25, 0.3) is 0 Å². The van der Waals surface area contributed by atoms with E-state index in [1.807, 2.05) is 19.1 Å². The zero-order valence-corrected chi connectivity index (χ0v) is 12.1. The van der Waals surface area contributed by atoms with E-state index < -0.39 is 10.0 Å². The molecule has 0 aromatic heterocycles. The Balaban J connectivity index is 2.49. The lowest BCUT2D eigenvalue weighted by Crippen LogP contribution is -2.25. The van der Waals surface area contributed by atoms with Crippen LogP contribution in [0.3, 0.4) is 0 Å². The molecule has 0 radical (unpaired) electrons. The quantitative estimate of drug-likeness (QED) is 0.789. The predicted molar refractivity (Wildman–Crippen MR) is 76.0 cm³/mol. The van der Waals surface area contributed by atoms with Crippen LogP contribution < -0.4 is 4.72 Å². The van der Waals surface area contributed by atoms with Crippen LogP contribution in [0.4, 0.5) is 0 Å². The predicted octanol–water partition coefficient (Wildman–Crippen LogP) is 2.86. The van der Waals surface area contributed by atoms with Gasteiger partial charge in [-0.1, -0.05) is 44.5 Å². The summed E-state index contributed by atoms with van der Waals surface area (Å²) in [7, 11) is -3.10. The molecule has 0 saturated carbocycles. The summed E-state index contributed by atoms with van der Waals surface area (Å²) in [5.74, 6) is 0.196. The average Bonchev–Trinajstić information content (AvgIpc) is 2.35. The van der Waals surface area contributed by atoms with E-state index in [9.17, 15) is 8.42 Å². The molecule has 0 spiro atoms. The number of hydrogen-bond acceptors (Lipinski definition) is 2. The van der Waals surface area contributed by atoms with Crippen LogP contribution >= 0.6 is 0 Å². The zero-order chi connectivity index (χ0) is 13.4. The van der Waals surface area contributed by atoms with Crippen molar-refractivity contribution in [3.63, 3.8) is 0 Å². The summed E-state index contributed by atoms with van der Waals surface area (Å²) in [6.45, 7) is 4.43. The van der Waals surface area contributed by atoms with Crippen molar-refractivity contribution in [1.29, 1.82) is 0 Å². The summed E-state index contributed by atoms with van der Waals surface area (Å²) >= 11 is 0. The second-order valence-electron chi connectivity index (χ2n) is 4.56. The van der Waals surface area contributed by atoms with E-state index in [2.05, 4.69) is 23.8 Å². The van der Waals surface area contributed by atoms with Gasteiger partial charge in [0, 0.05) is 6.54 Å². The van der Waals surface area contributed by atoms with Gasteiger partial charge >= 0.3 is 0 Å². The maximum Gasteiger partial charge on any atom is 0.211 e. The molecule has 0 bridgehead atoms. The lowest BCUT2D eigenvalue weighted by Gasteiger charge is -2.06. The first-order chi connectivity index (χ1) is 8.57. The second-order valence-corrected chi connectivity index (χ2v) is 6.49. The van der Waals surface area contributed by atoms with Gasteiger partial charge in [-0.25, -0.2) is 13.1 Å². The van der Waals surface area contributed by atoms with E-state index in [0.29, 0.717) is 13.0 Å². The third-order valence-corrected chi connectivity index (χ3v) is 4.34. The number of rotatable bonds is 8. The van der Waals surface area contributed by atoms with E-state index >= 15 is 0 Å². The molecule has 0 unspecified atom stereocenters. The summed E-state index contributed by atoms with van der Waals surface area (Å²) in [6.07, 6.45) is 4.13. The van der Waals surface area contributed by atoms with E-state index in [1.54, 1.807) is 0 Å². The Morgan fingerprint density at radius 1 is 1.00 bits per heavy atom. The Morgan fingerprint density at radius 3 is 2.17 bits per heavy atom. The second kappa shape index (κ2) is 7.54. The monoisotopic (exact) mass is 269 g/mol. The topological polar surface area (TPSA) is 46.2 Å². The molecular weight excluding hydrogens is 246 g/mol. The molecular formula is C14H23NO2S. The van der Waals surface area contributed by atoms with E-state index in [1.165, 1.54) is 18.4 Å². The summed E-state index contributed by atoms with van der Waals surface area (Å²) < 4.78 is 25.6. The molecule has 0 aliphatic heterocycles. The summed E-state index contributed by atoms with van der Waals surface area (Å²) in [5.41, 5.74) is 2.33. The lowest BCUT2D eigenvalue weighted by molar-refractivity contribution is 0.580. The van der Waals surface area contributed by atoms with Gasteiger partial charge in [0.2, 0.25) is 10.0 Å². The van der Waals surface area contributed by atoms with Crippen LogP contribution in [0.25, 0.3) is 0 Å². The fourth-order valence-electron chi connectivity index (χ4n) is 1.74. The third-order valence-electron chi connectivity index (χ3n) is 2.81. The highest BCUT2D eigenvalue weighted by Crippen LogP contribution is 2.08. The summed E-state index contributed by atoms with van der Waals surface area (Å²) in [6, 6.07) is 8.16. The maximum atomic E-state index is 11.5. The van der Waals surface area contributed by atoms with Gasteiger partial charge in [0.1, 0.15) is 0 Å². The summed E-state index contributed by atoms with van der Waals surface area (Å²) in [5, 5.41) is 0. The highest BCUT2D eigenvalue weighted by Gasteiger charge is 2.07. The van der Waals surface area contributed by atoms with E-state index in [4.69, 9.17) is 0 Å². The molecule has 102 valence electrons. The van der Waals surface area contributed by atoms with Crippen LogP contribution in [-0.2, 0) is 23.0 Å². The maximum absolute atomic E-state index is 11.5. The van der Waals surface area contributed by atoms with Crippen LogP contribution in [0.1, 0.15) is 44.2 Å². The Morgan fingerprint density at radius 2 is 1.61 bits per heavy atom. The van der Waals surface area contributed by atoms with Crippen LogP contribution in [0.15, 0.2) is 24.3 Å². The highest BCUT2D eigenvalue weighted by molar-refractivity contribution is 7.89. The molecule has 18 heavy (non-hydrogen) atoms. The van der Waals surface area contributed by atoms with Crippen molar-refractivity contribution < 1.29 is 8.42 Å². The molecule has 1 N–H and O–H groups in total. The smallest absolute Gasteiger partial charge is 0.211 e. The SMILES string of the molecule is CCCCc1ccc(CNS(=O)(=O)CCC)cc1. The molecule has 0 aliphatic rings. The highest BCUT2D eigenvalue weighted by atomic mass is 32.2. The van der Waals surface area contributed by atoms with Crippen molar-refractivity contribution >= 4 is 10.0 Å². The zero-order valence-electron chi connectivity index (χ0n) is 11.3. The van der Waals surface area contributed by atoms with Gasteiger partial charge < -0.3 is 0 Å². The number of aryl methyl sites for hydroxylation is 1. The minimum atomic E-state index is -3.10. The molecule has 0 atom stereocenters. The lowest BCUT2D eigenvalue weighted by atomic mass is 10.1. The Labute approximate surface area is 111 Å². The summed E-state index contributed by atoms with van der Waals surface area (Å²) in [4.78, 5) is 0.